The van der Waals surface area contributed by atoms with E-state index in [4.69, 9.17) is 16.1 Å². The van der Waals surface area contributed by atoms with Crippen LogP contribution < -0.4 is 11.1 Å². The number of carboxylic acid groups (broad SMARTS) is 1. The average molecular weight is 316 g/mol. The number of carboxylic acids is 1. The van der Waals surface area contributed by atoms with E-state index in [1.807, 2.05) is 0 Å². The molecule has 0 atom stereocenters. The zero-order valence-electron chi connectivity index (χ0n) is 12.2. The van der Waals surface area contributed by atoms with Gasteiger partial charge >= 0.3 is 5.97 Å². The molecule has 0 aromatic heterocycles. The van der Waals surface area contributed by atoms with E-state index in [0.29, 0.717) is 31.6 Å². The number of carbonyl (C=O) groups excluding carboxylic acids is 2. The fraction of sp³-hybridized carbons (Fsp3) is 0.200. The van der Waals surface area contributed by atoms with E-state index >= 15 is 0 Å². The van der Waals surface area contributed by atoms with Crippen molar-refractivity contribution in [2.24, 2.45) is 5.73 Å². The zero-order chi connectivity index (χ0) is 17.2. The van der Waals surface area contributed by atoms with Gasteiger partial charge in [0.2, 0.25) is 6.41 Å². The Morgan fingerprint density at radius 1 is 1.35 bits per heavy atom. The molecule has 0 aliphatic heterocycles. The molecule has 0 bridgehead atoms. The van der Waals surface area contributed by atoms with Crippen molar-refractivity contribution >= 4 is 24.0 Å². The lowest BCUT2D eigenvalue weighted by molar-refractivity contribution is -0.116. The summed E-state index contributed by atoms with van der Waals surface area (Å²) in [6.07, 6.45) is 2.18. The molecular weight excluding hydrogens is 300 g/mol. The van der Waals surface area contributed by atoms with E-state index in [1.54, 1.807) is 6.07 Å². The van der Waals surface area contributed by atoms with Gasteiger partial charge in [-0.2, -0.15) is 5.26 Å². The number of nitriles is 1. The third kappa shape index (κ3) is 5.61. The maximum atomic E-state index is 12.0. The molecule has 0 heterocycles. The molecule has 0 unspecified atom stereocenters. The van der Waals surface area contributed by atoms with Gasteiger partial charge < -0.3 is 21.1 Å². The zero-order valence-corrected chi connectivity index (χ0v) is 12.2. The van der Waals surface area contributed by atoms with Gasteiger partial charge in [0.15, 0.2) is 0 Å². The Labute approximate surface area is 132 Å². The molecule has 1 aromatic rings. The molecule has 8 nitrogen and oxygen atoms in total. The number of amides is 2. The van der Waals surface area contributed by atoms with E-state index < -0.39 is 11.9 Å². The summed E-state index contributed by atoms with van der Waals surface area (Å²) in [5.74, 6) is -1.78. The van der Waals surface area contributed by atoms with E-state index in [1.165, 1.54) is 29.2 Å². The van der Waals surface area contributed by atoms with Crippen LogP contribution in [0.4, 0.5) is 5.69 Å². The first-order valence-electron chi connectivity index (χ1n) is 6.69. The molecule has 120 valence electrons. The second kappa shape index (κ2) is 8.96. The standard InChI is InChI=1S/C15H16N4O4/c16-6-1-7-19(10-20)9-12(8-17)14(21)18-13-4-2-11(3-5-13)15(22)23/h2-5,9-10H,1,6-7,16H2,(H,18,21)(H,22,23)/b12-9-. The van der Waals surface area contributed by atoms with Gasteiger partial charge in [0.1, 0.15) is 11.6 Å². The lowest BCUT2D eigenvalue weighted by Gasteiger charge is -2.12. The molecule has 0 radical (unpaired) electrons. The summed E-state index contributed by atoms with van der Waals surface area (Å²) in [4.78, 5) is 34.8. The van der Waals surface area contributed by atoms with E-state index in [-0.39, 0.29) is 11.1 Å². The lowest BCUT2D eigenvalue weighted by atomic mass is 10.2. The first kappa shape index (κ1) is 17.9. The highest BCUT2D eigenvalue weighted by atomic mass is 16.4. The molecule has 1 aromatic carbocycles. The summed E-state index contributed by atoms with van der Waals surface area (Å²) in [6.45, 7) is 0.675. The quantitative estimate of drug-likeness (QED) is 0.363. The first-order valence-corrected chi connectivity index (χ1v) is 6.69. The van der Waals surface area contributed by atoms with E-state index in [0.717, 1.165) is 6.20 Å². The molecule has 0 aliphatic carbocycles. The van der Waals surface area contributed by atoms with Gasteiger partial charge in [-0.05, 0) is 37.2 Å². The fourth-order valence-electron chi connectivity index (χ4n) is 1.62. The van der Waals surface area contributed by atoms with Crippen LogP contribution in [0.2, 0.25) is 0 Å². The van der Waals surface area contributed by atoms with Crippen LogP contribution in [0.1, 0.15) is 16.8 Å². The molecule has 0 saturated heterocycles. The van der Waals surface area contributed by atoms with E-state index in [2.05, 4.69) is 5.32 Å². The highest BCUT2D eigenvalue weighted by molar-refractivity contribution is 6.06. The normalized spacial score (nSPS) is 10.5. The number of hydrogen-bond acceptors (Lipinski definition) is 5. The van der Waals surface area contributed by atoms with E-state index in [9.17, 15) is 14.4 Å². The Balaban J connectivity index is 2.82. The van der Waals surface area contributed by atoms with Crippen molar-refractivity contribution in [1.29, 1.82) is 5.26 Å². The number of nitrogens with zero attached hydrogens (tertiary/aromatic N) is 2. The summed E-state index contributed by atoms with van der Waals surface area (Å²) in [7, 11) is 0. The highest BCUT2D eigenvalue weighted by Gasteiger charge is 2.12. The number of hydrogen-bond donors (Lipinski definition) is 3. The lowest BCUT2D eigenvalue weighted by Crippen LogP contribution is -2.22. The molecule has 2 amide bonds. The second-order valence-electron chi connectivity index (χ2n) is 4.48. The van der Waals surface area contributed by atoms with Crippen LogP contribution in [0.15, 0.2) is 36.0 Å². The summed E-state index contributed by atoms with van der Waals surface area (Å²) in [5, 5.41) is 20.3. The third-order valence-corrected chi connectivity index (χ3v) is 2.81. The van der Waals surface area contributed by atoms with Crippen LogP contribution in [0.25, 0.3) is 0 Å². The molecule has 23 heavy (non-hydrogen) atoms. The van der Waals surface area contributed by atoms with Crippen LogP contribution >= 0.6 is 0 Å². The summed E-state index contributed by atoms with van der Waals surface area (Å²) in [6, 6.07) is 7.18. The van der Waals surface area contributed by atoms with Crippen LogP contribution in [0.5, 0.6) is 0 Å². The fourth-order valence-corrected chi connectivity index (χ4v) is 1.62. The molecule has 0 spiro atoms. The number of anilines is 1. The molecule has 4 N–H and O–H groups in total. The average Bonchev–Trinajstić information content (AvgIpc) is 2.55. The smallest absolute Gasteiger partial charge is 0.335 e. The molecule has 0 saturated carbocycles. The highest BCUT2D eigenvalue weighted by Crippen LogP contribution is 2.11. The predicted molar refractivity (Wildman–Crippen MR) is 82.2 cm³/mol. The monoisotopic (exact) mass is 316 g/mol. The number of carbonyl (C=O) groups is 3. The number of rotatable bonds is 8. The van der Waals surface area contributed by atoms with Crippen molar-refractivity contribution in [3.05, 3.63) is 41.6 Å². The number of aromatic carboxylic acids is 1. The molecule has 0 fully saturated rings. The third-order valence-electron chi connectivity index (χ3n) is 2.81. The minimum Gasteiger partial charge on any atom is -0.478 e. The first-order chi connectivity index (χ1) is 11.0. The maximum absolute atomic E-state index is 12.0. The van der Waals surface area contributed by atoms with Crippen molar-refractivity contribution in [1.82, 2.24) is 4.90 Å². The minimum absolute atomic E-state index is 0.0768. The Hall–Kier alpha value is -3.18. The van der Waals surface area contributed by atoms with Crippen molar-refractivity contribution in [3.63, 3.8) is 0 Å². The topological polar surface area (TPSA) is 137 Å². The van der Waals surface area contributed by atoms with Crippen LogP contribution in [-0.2, 0) is 9.59 Å². The maximum Gasteiger partial charge on any atom is 0.335 e. The molecular formula is C15H16N4O4. The van der Waals surface area contributed by atoms with Gasteiger partial charge in [-0.1, -0.05) is 0 Å². The van der Waals surface area contributed by atoms with Gasteiger partial charge in [-0.3, -0.25) is 9.59 Å². The molecule has 1 rings (SSSR count). The van der Waals surface area contributed by atoms with Crippen molar-refractivity contribution < 1.29 is 19.5 Å². The Kier molecular flexibility index (Phi) is 6.97. The van der Waals surface area contributed by atoms with Gasteiger partial charge in [0.25, 0.3) is 5.91 Å². The Bertz CT molecular complexity index is 646. The van der Waals surface area contributed by atoms with Crippen LogP contribution in [0, 0.1) is 11.3 Å². The van der Waals surface area contributed by atoms with Gasteiger partial charge in [-0.15, -0.1) is 0 Å². The number of nitrogens with two attached hydrogens (primary N) is 1. The summed E-state index contributed by atoms with van der Waals surface area (Å²) >= 11 is 0. The summed E-state index contributed by atoms with van der Waals surface area (Å²) < 4.78 is 0. The molecule has 8 heteroatoms. The van der Waals surface area contributed by atoms with Gasteiger partial charge in [0.05, 0.1) is 5.56 Å². The Morgan fingerprint density at radius 2 is 2.00 bits per heavy atom. The second-order valence-corrected chi connectivity index (χ2v) is 4.48. The van der Waals surface area contributed by atoms with Crippen molar-refractivity contribution in [2.45, 2.75) is 6.42 Å². The largest absolute Gasteiger partial charge is 0.478 e. The number of benzene rings is 1. The Morgan fingerprint density at radius 3 is 2.48 bits per heavy atom. The summed E-state index contributed by atoms with van der Waals surface area (Å²) in [5.41, 5.74) is 5.50. The SMILES string of the molecule is N#C/C(=C/N(C=O)CCCN)C(=O)Nc1ccc(C(=O)O)cc1. The molecule has 0 aliphatic rings. The van der Waals surface area contributed by atoms with Crippen molar-refractivity contribution in [3.8, 4) is 6.07 Å². The number of nitrogens with one attached hydrogen (secondary N) is 1. The van der Waals surface area contributed by atoms with Gasteiger partial charge in [0, 0.05) is 18.4 Å². The van der Waals surface area contributed by atoms with Crippen LogP contribution in [0.3, 0.4) is 0 Å². The van der Waals surface area contributed by atoms with Crippen LogP contribution in [-0.4, -0.2) is 41.4 Å². The minimum atomic E-state index is -1.08. The van der Waals surface area contributed by atoms with Crippen molar-refractivity contribution in [2.75, 3.05) is 18.4 Å². The van der Waals surface area contributed by atoms with Gasteiger partial charge in [-0.25, -0.2) is 4.79 Å². The predicted octanol–water partition coefficient (Wildman–Crippen LogP) is 0.538.